The van der Waals surface area contributed by atoms with E-state index in [0.717, 1.165) is 18.5 Å². The van der Waals surface area contributed by atoms with Gasteiger partial charge in [-0.05, 0) is 43.9 Å². The zero-order chi connectivity index (χ0) is 11.4. The largest absolute Gasteiger partial charge is 0.314 e. The van der Waals surface area contributed by atoms with Crippen LogP contribution in [-0.2, 0) is 6.42 Å². The molecule has 2 nitrogen and oxygen atoms in total. The molecule has 1 aromatic heterocycles. The van der Waals surface area contributed by atoms with Crippen LogP contribution in [0.15, 0.2) is 24.3 Å². The lowest BCUT2D eigenvalue weighted by Gasteiger charge is -2.11. The molecule has 1 aromatic carbocycles. The summed E-state index contributed by atoms with van der Waals surface area (Å²) < 4.78 is 4.47. The molecule has 1 unspecified atom stereocenters. The van der Waals surface area contributed by atoms with E-state index in [4.69, 9.17) is 0 Å². The lowest BCUT2D eigenvalue weighted by molar-refractivity contribution is 0.547. The van der Waals surface area contributed by atoms with E-state index < -0.39 is 0 Å². The van der Waals surface area contributed by atoms with Crippen LogP contribution in [0.2, 0.25) is 0 Å². The van der Waals surface area contributed by atoms with Crippen molar-refractivity contribution in [2.45, 2.75) is 32.7 Å². The molecule has 86 valence electrons. The van der Waals surface area contributed by atoms with Crippen LogP contribution in [0.5, 0.6) is 0 Å². The summed E-state index contributed by atoms with van der Waals surface area (Å²) in [7, 11) is 0. The smallest absolute Gasteiger partial charge is 0.0843 e. The molecule has 3 heteroatoms. The Hall–Kier alpha value is -0.930. The van der Waals surface area contributed by atoms with Crippen LogP contribution in [0.1, 0.15) is 25.1 Å². The highest BCUT2D eigenvalue weighted by Gasteiger charge is 2.08. The second-order valence-corrected chi connectivity index (χ2v) is 5.04. The zero-order valence-corrected chi connectivity index (χ0v) is 10.7. The van der Waals surface area contributed by atoms with Crippen molar-refractivity contribution >= 4 is 22.4 Å². The fraction of sp³-hybridized carbons (Fsp3) is 0.462. The second kappa shape index (κ2) is 5.41. The predicted molar refractivity (Wildman–Crippen MR) is 71.1 cm³/mol. The molecule has 2 aromatic rings. The van der Waals surface area contributed by atoms with Crippen molar-refractivity contribution in [2.24, 2.45) is 0 Å². The summed E-state index contributed by atoms with van der Waals surface area (Å²) in [6, 6.07) is 8.92. The quantitative estimate of drug-likeness (QED) is 0.859. The number of benzene rings is 1. The van der Waals surface area contributed by atoms with Gasteiger partial charge in [-0.15, -0.1) is 0 Å². The Morgan fingerprint density at radius 2 is 2.19 bits per heavy atom. The van der Waals surface area contributed by atoms with E-state index >= 15 is 0 Å². The van der Waals surface area contributed by atoms with Gasteiger partial charge in [0.1, 0.15) is 0 Å². The molecule has 0 aliphatic heterocycles. The van der Waals surface area contributed by atoms with E-state index in [1.54, 1.807) is 11.5 Å². The number of hydrogen-bond donors (Lipinski definition) is 1. The molecule has 0 fully saturated rings. The van der Waals surface area contributed by atoms with Crippen molar-refractivity contribution in [2.75, 3.05) is 6.54 Å². The van der Waals surface area contributed by atoms with Crippen molar-refractivity contribution in [3.05, 3.63) is 29.1 Å². The number of nitrogens with one attached hydrogen (secondary N) is 1. The van der Waals surface area contributed by atoms with Gasteiger partial charge in [-0.3, -0.25) is 0 Å². The summed E-state index contributed by atoms with van der Waals surface area (Å²) in [6.45, 7) is 5.53. The molecule has 16 heavy (non-hydrogen) atoms. The molecule has 2 rings (SSSR count). The van der Waals surface area contributed by atoms with E-state index in [-0.39, 0.29) is 0 Å². The average Bonchev–Trinajstić information content (AvgIpc) is 2.70. The Morgan fingerprint density at radius 3 is 3.00 bits per heavy atom. The van der Waals surface area contributed by atoms with Crippen LogP contribution in [-0.4, -0.2) is 17.0 Å². The van der Waals surface area contributed by atoms with Gasteiger partial charge in [-0.25, -0.2) is 0 Å². The molecule has 1 atom stereocenters. The summed E-state index contributed by atoms with van der Waals surface area (Å²) in [5.74, 6) is 0. The van der Waals surface area contributed by atoms with Crippen LogP contribution in [0.25, 0.3) is 10.9 Å². The highest BCUT2D eigenvalue weighted by molar-refractivity contribution is 7.07. The maximum Gasteiger partial charge on any atom is 0.0843 e. The van der Waals surface area contributed by atoms with Gasteiger partial charge in [-0.2, -0.15) is 4.37 Å². The van der Waals surface area contributed by atoms with Crippen LogP contribution < -0.4 is 5.32 Å². The third-order valence-corrected chi connectivity index (χ3v) is 3.59. The normalized spacial score (nSPS) is 13.1. The molecule has 0 aliphatic carbocycles. The third kappa shape index (κ3) is 2.60. The van der Waals surface area contributed by atoms with Gasteiger partial charge in [0.15, 0.2) is 0 Å². The number of nitrogens with zero attached hydrogens (tertiary/aromatic N) is 1. The standard InChI is InChI=1S/C13H18N2S/c1-3-8-14-10(2)9-13-11-6-4-5-7-12(11)15-16-13/h4-7,10,14H,3,8-9H2,1-2H3. The van der Waals surface area contributed by atoms with E-state index in [1.807, 2.05) is 6.07 Å². The molecular weight excluding hydrogens is 216 g/mol. The van der Waals surface area contributed by atoms with Gasteiger partial charge in [0, 0.05) is 16.3 Å². The molecule has 1 heterocycles. The van der Waals surface area contributed by atoms with Crippen molar-refractivity contribution in [1.82, 2.24) is 9.69 Å². The fourth-order valence-electron chi connectivity index (χ4n) is 1.83. The SMILES string of the molecule is CCCNC(C)Cc1snc2ccccc12. The first-order valence-electron chi connectivity index (χ1n) is 5.88. The van der Waals surface area contributed by atoms with Crippen LogP contribution >= 0.6 is 11.5 Å². The summed E-state index contributed by atoms with van der Waals surface area (Å²) in [6.07, 6.45) is 2.26. The minimum absolute atomic E-state index is 0.531. The number of rotatable bonds is 5. The lowest BCUT2D eigenvalue weighted by atomic mass is 10.1. The first-order valence-corrected chi connectivity index (χ1v) is 6.65. The second-order valence-electron chi connectivity index (χ2n) is 4.18. The molecule has 0 radical (unpaired) electrons. The van der Waals surface area contributed by atoms with Crippen molar-refractivity contribution < 1.29 is 0 Å². The van der Waals surface area contributed by atoms with Crippen LogP contribution in [0.4, 0.5) is 0 Å². The fourth-order valence-corrected chi connectivity index (χ4v) is 2.79. The summed E-state index contributed by atoms with van der Waals surface area (Å²) >= 11 is 1.63. The van der Waals surface area contributed by atoms with E-state index in [2.05, 4.69) is 41.7 Å². The zero-order valence-electron chi connectivity index (χ0n) is 9.86. The van der Waals surface area contributed by atoms with Gasteiger partial charge in [0.25, 0.3) is 0 Å². The average molecular weight is 234 g/mol. The molecule has 0 aliphatic rings. The summed E-state index contributed by atoms with van der Waals surface area (Å²) in [5.41, 5.74) is 1.13. The number of fused-ring (bicyclic) bond motifs is 1. The molecule has 0 spiro atoms. The Morgan fingerprint density at radius 1 is 1.38 bits per heavy atom. The minimum Gasteiger partial charge on any atom is -0.314 e. The van der Waals surface area contributed by atoms with Gasteiger partial charge < -0.3 is 5.32 Å². The van der Waals surface area contributed by atoms with Crippen LogP contribution in [0.3, 0.4) is 0 Å². The van der Waals surface area contributed by atoms with E-state index in [1.165, 1.54) is 16.7 Å². The Kier molecular flexibility index (Phi) is 3.91. The monoisotopic (exact) mass is 234 g/mol. The molecule has 0 saturated heterocycles. The third-order valence-electron chi connectivity index (χ3n) is 2.69. The van der Waals surface area contributed by atoms with E-state index in [0.29, 0.717) is 6.04 Å². The molecular formula is C13H18N2S. The molecule has 1 N–H and O–H groups in total. The van der Waals surface area contributed by atoms with Gasteiger partial charge in [0.2, 0.25) is 0 Å². The first kappa shape index (κ1) is 11.6. The topological polar surface area (TPSA) is 24.9 Å². The summed E-state index contributed by atoms with van der Waals surface area (Å²) in [4.78, 5) is 1.40. The number of hydrogen-bond acceptors (Lipinski definition) is 3. The van der Waals surface area contributed by atoms with Crippen molar-refractivity contribution in [3.8, 4) is 0 Å². The Bertz CT molecular complexity index is 450. The maximum absolute atomic E-state index is 4.47. The predicted octanol–water partition coefficient (Wildman–Crippen LogP) is 3.23. The highest BCUT2D eigenvalue weighted by Crippen LogP contribution is 2.23. The molecule has 0 saturated carbocycles. The van der Waals surface area contributed by atoms with E-state index in [9.17, 15) is 0 Å². The van der Waals surface area contributed by atoms with Crippen molar-refractivity contribution in [1.29, 1.82) is 0 Å². The highest BCUT2D eigenvalue weighted by atomic mass is 32.1. The van der Waals surface area contributed by atoms with Crippen LogP contribution in [0, 0.1) is 0 Å². The van der Waals surface area contributed by atoms with Gasteiger partial charge >= 0.3 is 0 Å². The lowest BCUT2D eigenvalue weighted by Crippen LogP contribution is -2.28. The Balaban J connectivity index is 2.09. The van der Waals surface area contributed by atoms with Gasteiger partial charge in [-0.1, -0.05) is 25.1 Å². The minimum atomic E-state index is 0.531. The number of aromatic nitrogens is 1. The van der Waals surface area contributed by atoms with Gasteiger partial charge in [0.05, 0.1) is 5.52 Å². The molecule has 0 amide bonds. The van der Waals surface area contributed by atoms with Crippen molar-refractivity contribution in [3.63, 3.8) is 0 Å². The first-order chi connectivity index (χ1) is 7.81. The Labute approximate surface area is 101 Å². The maximum atomic E-state index is 4.47. The molecule has 0 bridgehead atoms. The summed E-state index contributed by atoms with van der Waals surface area (Å²) in [5, 5.41) is 4.83.